The fourth-order valence-electron chi connectivity index (χ4n) is 1.30. The molecule has 0 aliphatic rings. The maximum absolute atomic E-state index is 11.2. The van der Waals surface area contributed by atoms with Crippen molar-refractivity contribution >= 4 is 29.4 Å². The molecule has 7 heteroatoms. The topological polar surface area (TPSA) is 128 Å². The minimum Gasteiger partial charge on any atom is -0.385 e. The lowest BCUT2D eigenvalue weighted by molar-refractivity contribution is 0.0967. The highest BCUT2D eigenvalue weighted by molar-refractivity contribution is 7.99. The van der Waals surface area contributed by atoms with Gasteiger partial charge in [-0.25, -0.2) is 0 Å². The van der Waals surface area contributed by atoms with E-state index in [0.29, 0.717) is 5.03 Å². The van der Waals surface area contributed by atoms with Gasteiger partial charge >= 0.3 is 0 Å². The highest BCUT2D eigenvalue weighted by Crippen LogP contribution is 2.28. The number of nitrogen functional groups attached to an aromatic ring is 1. The van der Waals surface area contributed by atoms with Crippen molar-refractivity contribution in [1.29, 1.82) is 0 Å². The second-order valence-electron chi connectivity index (χ2n) is 3.19. The van der Waals surface area contributed by atoms with Crippen LogP contribution in [0.1, 0.15) is 34.1 Å². The van der Waals surface area contributed by atoms with Crippen LogP contribution in [0, 0.1) is 0 Å². The number of thioether (sulfide) groups is 1. The molecule has 1 heterocycles. The monoisotopic (exact) mass is 242 g/mol. The quantitative estimate of drug-likeness (QED) is 0.553. The molecule has 1 rings (SSSR count). The minimum atomic E-state index is -0.758. The lowest BCUT2D eigenvalue weighted by atomic mass is 10.1. The standard InChI is InChI=1S/C9H14N4O2S/c1-2-3-16-9-5(8(12)15)4(7(11)14)6(10)13-9/h13H,2-3,10H2,1H3,(H2,11,14)(H2,12,15). The van der Waals surface area contributed by atoms with Gasteiger partial charge in [-0.3, -0.25) is 9.59 Å². The van der Waals surface area contributed by atoms with Crippen LogP contribution in [0.3, 0.4) is 0 Å². The van der Waals surface area contributed by atoms with Gasteiger partial charge in [-0.2, -0.15) is 0 Å². The molecule has 0 aromatic carbocycles. The number of rotatable bonds is 5. The molecule has 1 aromatic heterocycles. The van der Waals surface area contributed by atoms with Gasteiger partial charge in [0.05, 0.1) is 16.2 Å². The first-order valence-electron chi connectivity index (χ1n) is 4.72. The van der Waals surface area contributed by atoms with Gasteiger partial charge in [0.1, 0.15) is 5.82 Å². The Kier molecular flexibility index (Phi) is 3.83. The van der Waals surface area contributed by atoms with Crippen molar-refractivity contribution < 1.29 is 9.59 Å². The lowest BCUT2D eigenvalue weighted by Crippen LogP contribution is -2.20. The van der Waals surface area contributed by atoms with E-state index in [-0.39, 0.29) is 16.9 Å². The summed E-state index contributed by atoms with van der Waals surface area (Å²) in [5.74, 6) is -0.593. The third kappa shape index (κ3) is 2.30. The largest absolute Gasteiger partial charge is 0.385 e. The molecule has 0 saturated heterocycles. The van der Waals surface area contributed by atoms with E-state index in [1.54, 1.807) is 0 Å². The van der Waals surface area contributed by atoms with Crippen molar-refractivity contribution in [2.45, 2.75) is 18.4 Å². The second kappa shape index (κ2) is 4.93. The van der Waals surface area contributed by atoms with Crippen LogP contribution in [0.2, 0.25) is 0 Å². The van der Waals surface area contributed by atoms with E-state index < -0.39 is 11.8 Å². The predicted octanol–water partition coefficient (Wildman–Crippen LogP) is 0.297. The van der Waals surface area contributed by atoms with Crippen molar-refractivity contribution in [3.05, 3.63) is 11.1 Å². The molecule has 1 aromatic rings. The summed E-state index contributed by atoms with van der Waals surface area (Å²) in [6, 6.07) is 0. The molecular weight excluding hydrogens is 228 g/mol. The molecule has 0 fully saturated rings. The fraction of sp³-hybridized carbons (Fsp3) is 0.333. The van der Waals surface area contributed by atoms with Crippen LogP contribution < -0.4 is 17.2 Å². The van der Waals surface area contributed by atoms with Gasteiger partial charge in [-0.05, 0) is 12.2 Å². The van der Waals surface area contributed by atoms with Crippen LogP contribution in [0.4, 0.5) is 5.82 Å². The average Bonchev–Trinajstić information content (AvgIpc) is 2.52. The average molecular weight is 242 g/mol. The van der Waals surface area contributed by atoms with Gasteiger partial charge in [-0.1, -0.05) is 6.92 Å². The predicted molar refractivity (Wildman–Crippen MR) is 63.3 cm³/mol. The van der Waals surface area contributed by atoms with Crippen molar-refractivity contribution in [3.63, 3.8) is 0 Å². The van der Waals surface area contributed by atoms with Gasteiger partial charge in [-0.15, -0.1) is 11.8 Å². The van der Waals surface area contributed by atoms with Gasteiger partial charge in [0.15, 0.2) is 0 Å². The Balaban J connectivity index is 3.24. The van der Waals surface area contributed by atoms with Crippen LogP contribution in [-0.4, -0.2) is 22.6 Å². The van der Waals surface area contributed by atoms with Crippen molar-refractivity contribution in [2.24, 2.45) is 11.5 Å². The molecule has 0 aliphatic heterocycles. The van der Waals surface area contributed by atoms with E-state index in [1.807, 2.05) is 6.92 Å². The SMILES string of the molecule is CCCSc1[nH]c(N)c(C(N)=O)c1C(N)=O. The van der Waals surface area contributed by atoms with Crippen LogP contribution >= 0.6 is 11.8 Å². The highest BCUT2D eigenvalue weighted by Gasteiger charge is 2.23. The fourth-order valence-corrected chi connectivity index (χ4v) is 2.24. The van der Waals surface area contributed by atoms with E-state index >= 15 is 0 Å². The van der Waals surface area contributed by atoms with E-state index in [2.05, 4.69) is 4.98 Å². The molecule has 6 nitrogen and oxygen atoms in total. The van der Waals surface area contributed by atoms with E-state index in [0.717, 1.165) is 12.2 Å². The summed E-state index contributed by atoms with van der Waals surface area (Å²) >= 11 is 1.38. The number of aromatic nitrogens is 1. The Morgan fingerprint density at radius 3 is 2.25 bits per heavy atom. The molecule has 0 unspecified atom stereocenters. The third-order valence-corrected chi connectivity index (χ3v) is 3.15. The summed E-state index contributed by atoms with van der Waals surface area (Å²) in [7, 11) is 0. The molecule has 0 aliphatic carbocycles. The molecule has 0 bridgehead atoms. The Morgan fingerprint density at radius 1 is 1.25 bits per heavy atom. The van der Waals surface area contributed by atoms with Gasteiger partial charge in [0.25, 0.3) is 11.8 Å². The normalized spacial score (nSPS) is 10.3. The molecule has 0 saturated carbocycles. The summed E-state index contributed by atoms with van der Waals surface area (Å²) < 4.78 is 0. The number of primary amides is 2. The first-order chi connectivity index (χ1) is 7.49. The Hall–Kier alpha value is -1.63. The number of hydrogen-bond acceptors (Lipinski definition) is 4. The van der Waals surface area contributed by atoms with Crippen LogP contribution in [0.5, 0.6) is 0 Å². The van der Waals surface area contributed by atoms with Gasteiger partial charge < -0.3 is 22.2 Å². The lowest BCUT2D eigenvalue weighted by Gasteiger charge is -2.00. The molecule has 2 amide bonds. The Bertz CT molecular complexity index is 427. The maximum Gasteiger partial charge on any atom is 0.253 e. The van der Waals surface area contributed by atoms with Crippen molar-refractivity contribution in [3.8, 4) is 0 Å². The first-order valence-corrected chi connectivity index (χ1v) is 5.71. The van der Waals surface area contributed by atoms with Crippen LogP contribution in [0.15, 0.2) is 5.03 Å². The summed E-state index contributed by atoms with van der Waals surface area (Å²) in [6.07, 6.45) is 0.924. The zero-order valence-corrected chi connectivity index (χ0v) is 9.69. The summed E-state index contributed by atoms with van der Waals surface area (Å²) in [5.41, 5.74) is 16.0. The number of H-pyrrole nitrogens is 1. The smallest absolute Gasteiger partial charge is 0.253 e. The van der Waals surface area contributed by atoms with Crippen LogP contribution in [0.25, 0.3) is 0 Å². The molecule has 16 heavy (non-hydrogen) atoms. The minimum absolute atomic E-state index is 0.0221. The van der Waals surface area contributed by atoms with Crippen molar-refractivity contribution in [2.75, 3.05) is 11.5 Å². The molecule has 88 valence electrons. The number of nitrogens with one attached hydrogen (secondary N) is 1. The van der Waals surface area contributed by atoms with E-state index in [9.17, 15) is 9.59 Å². The van der Waals surface area contributed by atoms with E-state index in [1.165, 1.54) is 11.8 Å². The van der Waals surface area contributed by atoms with E-state index in [4.69, 9.17) is 17.2 Å². The second-order valence-corrected chi connectivity index (χ2v) is 4.30. The first kappa shape index (κ1) is 12.4. The third-order valence-electron chi connectivity index (χ3n) is 1.94. The highest BCUT2D eigenvalue weighted by atomic mass is 32.2. The number of carbonyl (C=O) groups is 2. The number of aromatic amines is 1. The number of carbonyl (C=O) groups excluding carboxylic acids is 2. The van der Waals surface area contributed by atoms with Crippen molar-refractivity contribution in [1.82, 2.24) is 4.98 Å². The zero-order valence-electron chi connectivity index (χ0n) is 8.87. The number of nitrogens with two attached hydrogens (primary N) is 3. The molecule has 0 radical (unpaired) electrons. The summed E-state index contributed by atoms with van der Waals surface area (Å²) in [6.45, 7) is 2.00. The Labute approximate surface area is 96.9 Å². The summed E-state index contributed by atoms with van der Waals surface area (Å²) in [5, 5.41) is 0.501. The maximum atomic E-state index is 11.2. The van der Waals surface area contributed by atoms with Gasteiger partial charge in [0, 0.05) is 0 Å². The zero-order chi connectivity index (χ0) is 12.3. The molecular formula is C9H14N4O2S. The number of anilines is 1. The summed E-state index contributed by atoms with van der Waals surface area (Å²) in [4.78, 5) is 25.1. The Morgan fingerprint density at radius 2 is 1.81 bits per heavy atom. The number of hydrogen-bond donors (Lipinski definition) is 4. The number of amides is 2. The van der Waals surface area contributed by atoms with Crippen LogP contribution in [-0.2, 0) is 0 Å². The molecule has 0 atom stereocenters. The van der Waals surface area contributed by atoms with Gasteiger partial charge in [0.2, 0.25) is 0 Å². The molecule has 0 spiro atoms. The molecule has 7 N–H and O–H groups in total.